The van der Waals surface area contributed by atoms with Gasteiger partial charge in [0.1, 0.15) is 5.82 Å². The van der Waals surface area contributed by atoms with Crippen LogP contribution in [0.5, 0.6) is 0 Å². The van der Waals surface area contributed by atoms with Gasteiger partial charge in [0.25, 0.3) is 0 Å². The predicted molar refractivity (Wildman–Crippen MR) is 96.8 cm³/mol. The maximum Gasteiger partial charge on any atom is 0.121 e. The Labute approximate surface area is 139 Å². The van der Waals surface area contributed by atoms with Gasteiger partial charge < -0.3 is 10.3 Å². The second-order valence-corrected chi connectivity index (χ2v) is 7.42. The number of thioether (sulfide) groups is 1. The van der Waals surface area contributed by atoms with Gasteiger partial charge in [-0.25, -0.2) is 4.98 Å². The summed E-state index contributed by atoms with van der Waals surface area (Å²) in [4.78, 5) is 10.8. The Morgan fingerprint density at radius 1 is 1.32 bits per heavy atom. The van der Waals surface area contributed by atoms with Gasteiger partial charge in [0.15, 0.2) is 0 Å². The van der Waals surface area contributed by atoms with Crippen LogP contribution in [-0.4, -0.2) is 22.3 Å². The van der Waals surface area contributed by atoms with E-state index in [1.54, 1.807) is 0 Å². The Morgan fingerprint density at radius 3 is 3.09 bits per heavy atom. The van der Waals surface area contributed by atoms with Crippen molar-refractivity contribution in [3.8, 4) is 0 Å². The molecular weight excluding hydrogens is 310 g/mol. The number of nitrogens with one attached hydrogen (secondary N) is 2. The van der Waals surface area contributed by atoms with Gasteiger partial charge in [0.2, 0.25) is 0 Å². The molecule has 3 aromatic rings. The number of H-pyrrole nitrogens is 1. The maximum atomic E-state index is 4.64. The van der Waals surface area contributed by atoms with Gasteiger partial charge in [0, 0.05) is 16.3 Å². The second-order valence-electron chi connectivity index (χ2n) is 5.22. The zero-order valence-corrected chi connectivity index (χ0v) is 14.4. The standard InChI is InChI=1S/C17H21N3S2/c1-2-9-21-14-5-6-15-16(11-14)20-17(19-15)12-18-8-7-13-4-3-10-22-13/h3-6,10-11,18H,2,7-9,12H2,1H3,(H,19,20). The molecule has 2 heterocycles. The fraction of sp³-hybridized carbons (Fsp3) is 0.353. The number of aromatic nitrogens is 2. The zero-order valence-electron chi connectivity index (χ0n) is 12.8. The van der Waals surface area contributed by atoms with Gasteiger partial charge in [-0.1, -0.05) is 13.0 Å². The molecule has 0 unspecified atom stereocenters. The molecule has 22 heavy (non-hydrogen) atoms. The Hall–Kier alpha value is -1.30. The Morgan fingerprint density at radius 2 is 2.27 bits per heavy atom. The quantitative estimate of drug-likeness (QED) is 0.473. The van der Waals surface area contributed by atoms with Crippen LogP contribution in [-0.2, 0) is 13.0 Å². The summed E-state index contributed by atoms with van der Waals surface area (Å²) in [6.07, 6.45) is 2.28. The van der Waals surface area contributed by atoms with E-state index in [2.05, 4.69) is 57.9 Å². The first-order valence-electron chi connectivity index (χ1n) is 7.69. The molecule has 0 amide bonds. The normalized spacial score (nSPS) is 11.3. The van der Waals surface area contributed by atoms with Gasteiger partial charge in [0.05, 0.1) is 17.6 Å². The number of hydrogen-bond acceptors (Lipinski definition) is 4. The lowest BCUT2D eigenvalue weighted by Crippen LogP contribution is -2.17. The van der Waals surface area contributed by atoms with Crippen molar-refractivity contribution in [1.82, 2.24) is 15.3 Å². The third-order valence-corrected chi connectivity index (χ3v) is 5.53. The molecule has 0 bridgehead atoms. The van der Waals surface area contributed by atoms with Crippen LogP contribution < -0.4 is 5.32 Å². The number of rotatable bonds is 8. The molecule has 0 aliphatic carbocycles. The van der Waals surface area contributed by atoms with E-state index in [0.29, 0.717) is 0 Å². The maximum absolute atomic E-state index is 4.64. The molecule has 0 atom stereocenters. The molecule has 0 radical (unpaired) electrons. The Kier molecular flexibility index (Phi) is 5.53. The fourth-order valence-corrected chi connectivity index (χ4v) is 3.82. The zero-order chi connectivity index (χ0) is 15.2. The summed E-state index contributed by atoms with van der Waals surface area (Å²) >= 11 is 3.72. The average Bonchev–Trinajstić information content (AvgIpc) is 3.18. The smallest absolute Gasteiger partial charge is 0.121 e. The second kappa shape index (κ2) is 7.81. The largest absolute Gasteiger partial charge is 0.341 e. The Balaban J connectivity index is 1.55. The van der Waals surface area contributed by atoms with E-state index in [-0.39, 0.29) is 0 Å². The lowest BCUT2D eigenvalue weighted by atomic mass is 10.3. The highest BCUT2D eigenvalue weighted by molar-refractivity contribution is 7.99. The number of benzene rings is 1. The molecule has 2 aromatic heterocycles. The lowest BCUT2D eigenvalue weighted by Gasteiger charge is -2.00. The molecule has 0 fully saturated rings. The fourth-order valence-electron chi connectivity index (χ4n) is 2.31. The van der Waals surface area contributed by atoms with Crippen molar-refractivity contribution in [1.29, 1.82) is 0 Å². The molecule has 3 rings (SSSR count). The van der Waals surface area contributed by atoms with Crippen LogP contribution in [0.4, 0.5) is 0 Å². The van der Waals surface area contributed by atoms with Crippen LogP contribution in [0, 0.1) is 0 Å². The minimum absolute atomic E-state index is 0.789. The number of fused-ring (bicyclic) bond motifs is 1. The first-order valence-corrected chi connectivity index (χ1v) is 9.56. The van der Waals surface area contributed by atoms with E-state index in [4.69, 9.17) is 0 Å². The number of thiophene rings is 1. The predicted octanol–water partition coefficient (Wildman–Crippen LogP) is 4.46. The van der Waals surface area contributed by atoms with Crippen molar-refractivity contribution in [2.45, 2.75) is 31.2 Å². The van der Waals surface area contributed by atoms with Crippen LogP contribution >= 0.6 is 23.1 Å². The summed E-state index contributed by atoms with van der Waals surface area (Å²) in [5.41, 5.74) is 2.19. The molecule has 5 heteroatoms. The summed E-state index contributed by atoms with van der Waals surface area (Å²) in [5, 5.41) is 5.59. The van der Waals surface area contributed by atoms with Gasteiger partial charge in [-0.05, 0) is 48.2 Å². The summed E-state index contributed by atoms with van der Waals surface area (Å²) in [6, 6.07) is 10.8. The summed E-state index contributed by atoms with van der Waals surface area (Å²) in [6.45, 7) is 3.98. The van der Waals surface area contributed by atoms with Crippen molar-refractivity contribution in [2.24, 2.45) is 0 Å². The van der Waals surface area contributed by atoms with Crippen LogP contribution in [0.2, 0.25) is 0 Å². The van der Waals surface area contributed by atoms with Crippen molar-refractivity contribution in [2.75, 3.05) is 12.3 Å². The van der Waals surface area contributed by atoms with Gasteiger partial charge in [-0.15, -0.1) is 23.1 Å². The molecule has 0 aliphatic heterocycles. The van der Waals surface area contributed by atoms with E-state index >= 15 is 0 Å². The SMILES string of the molecule is CCCSc1ccc2nc(CNCCc3cccs3)[nH]c2c1. The molecule has 1 aromatic carbocycles. The van der Waals surface area contributed by atoms with Crippen molar-refractivity contribution >= 4 is 34.1 Å². The molecule has 116 valence electrons. The highest BCUT2D eigenvalue weighted by atomic mass is 32.2. The summed E-state index contributed by atoms with van der Waals surface area (Å²) in [5.74, 6) is 2.18. The first-order chi connectivity index (χ1) is 10.8. The van der Waals surface area contributed by atoms with Crippen molar-refractivity contribution < 1.29 is 0 Å². The number of aromatic amines is 1. The first kappa shape index (κ1) is 15.6. The molecule has 3 nitrogen and oxygen atoms in total. The topological polar surface area (TPSA) is 40.7 Å². The minimum atomic E-state index is 0.789. The molecular formula is C17H21N3S2. The Bertz CT molecular complexity index is 704. The van der Waals surface area contributed by atoms with E-state index < -0.39 is 0 Å². The average molecular weight is 332 g/mol. The van der Waals surface area contributed by atoms with E-state index in [9.17, 15) is 0 Å². The van der Waals surface area contributed by atoms with Crippen LogP contribution in [0.3, 0.4) is 0 Å². The molecule has 0 aliphatic rings. The van der Waals surface area contributed by atoms with E-state index in [0.717, 1.165) is 42.1 Å². The van der Waals surface area contributed by atoms with Gasteiger partial charge in [-0.2, -0.15) is 0 Å². The van der Waals surface area contributed by atoms with E-state index in [1.165, 1.54) is 16.2 Å². The van der Waals surface area contributed by atoms with Crippen LogP contribution in [0.15, 0.2) is 40.6 Å². The van der Waals surface area contributed by atoms with Crippen molar-refractivity contribution in [3.05, 3.63) is 46.4 Å². The highest BCUT2D eigenvalue weighted by Crippen LogP contribution is 2.23. The minimum Gasteiger partial charge on any atom is -0.341 e. The number of imidazole rings is 1. The van der Waals surface area contributed by atoms with Gasteiger partial charge >= 0.3 is 0 Å². The van der Waals surface area contributed by atoms with Crippen LogP contribution in [0.25, 0.3) is 11.0 Å². The molecule has 2 N–H and O–H groups in total. The number of hydrogen-bond donors (Lipinski definition) is 2. The third kappa shape index (κ3) is 4.12. The monoisotopic (exact) mass is 331 g/mol. The third-order valence-electron chi connectivity index (χ3n) is 3.40. The molecule has 0 saturated carbocycles. The summed E-state index contributed by atoms with van der Waals surface area (Å²) < 4.78 is 0. The summed E-state index contributed by atoms with van der Waals surface area (Å²) in [7, 11) is 0. The molecule has 0 spiro atoms. The van der Waals surface area contributed by atoms with Gasteiger partial charge in [-0.3, -0.25) is 0 Å². The van der Waals surface area contributed by atoms with Crippen molar-refractivity contribution in [3.63, 3.8) is 0 Å². The highest BCUT2D eigenvalue weighted by Gasteiger charge is 2.04. The molecule has 0 saturated heterocycles. The van der Waals surface area contributed by atoms with E-state index in [1.807, 2.05) is 23.1 Å². The number of nitrogens with zero attached hydrogens (tertiary/aromatic N) is 1. The van der Waals surface area contributed by atoms with Crippen LogP contribution in [0.1, 0.15) is 24.0 Å². The lowest BCUT2D eigenvalue weighted by molar-refractivity contribution is 0.669.